The lowest BCUT2D eigenvalue weighted by Crippen LogP contribution is -2.42. The SMILES string of the molecule is CC(F)(Cc1ccc(F)c(Cl)c1)C1CCCNC1. The van der Waals surface area contributed by atoms with Crippen molar-refractivity contribution in [2.75, 3.05) is 13.1 Å². The van der Waals surface area contributed by atoms with Crippen LogP contribution in [0.3, 0.4) is 0 Å². The zero-order valence-corrected chi connectivity index (χ0v) is 11.2. The molecular formula is C14H18ClF2N. The van der Waals surface area contributed by atoms with Crippen LogP contribution in [0.1, 0.15) is 25.3 Å². The molecule has 2 unspecified atom stereocenters. The van der Waals surface area contributed by atoms with Crippen molar-refractivity contribution in [3.63, 3.8) is 0 Å². The number of piperidine rings is 1. The van der Waals surface area contributed by atoms with Crippen molar-refractivity contribution in [3.8, 4) is 0 Å². The molecule has 0 spiro atoms. The molecule has 0 amide bonds. The van der Waals surface area contributed by atoms with Crippen molar-refractivity contribution in [2.45, 2.75) is 31.9 Å². The molecule has 0 aromatic heterocycles. The second kappa shape index (κ2) is 5.54. The molecule has 1 aromatic rings. The lowest BCUT2D eigenvalue weighted by molar-refractivity contribution is 0.0833. The summed E-state index contributed by atoms with van der Waals surface area (Å²) in [5.41, 5.74) is -0.536. The Morgan fingerprint density at radius 3 is 2.89 bits per heavy atom. The summed E-state index contributed by atoms with van der Waals surface area (Å²) >= 11 is 5.72. The van der Waals surface area contributed by atoms with Crippen LogP contribution in [-0.2, 0) is 6.42 Å². The largest absolute Gasteiger partial charge is 0.316 e. The van der Waals surface area contributed by atoms with Crippen LogP contribution in [0, 0.1) is 11.7 Å². The van der Waals surface area contributed by atoms with Gasteiger partial charge in [0.1, 0.15) is 11.5 Å². The van der Waals surface area contributed by atoms with Crippen LogP contribution >= 0.6 is 11.6 Å². The quantitative estimate of drug-likeness (QED) is 0.884. The second-order valence-corrected chi connectivity index (χ2v) is 5.65. The van der Waals surface area contributed by atoms with Gasteiger partial charge in [0.15, 0.2) is 0 Å². The maximum absolute atomic E-state index is 14.7. The van der Waals surface area contributed by atoms with Crippen molar-refractivity contribution in [3.05, 3.63) is 34.6 Å². The Morgan fingerprint density at radius 2 is 2.28 bits per heavy atom. The number of nitrogens with one attached hydrogen (secondary N) is 1. The van der Waals surface area contributed by atoms with E-state index in [0.717, 1.165) is 24.9 Å². The highest BCUT2D eigenvalue weighted by atomic mass is 35.5. The molecule has 18 heavy (non-hydrogen) atoms. The summed E-state index contributed by atoms with van der Waals surface area (Å²) in [6.45, 7) is 3.30. The fourth-order valence-electron chi connectivity index (χ4n) is 2.56. The van der Waals surface area contributed by atoms with Gasteiger partial charge in [-0.1, -0.05) is 17.7 Å². The molecule has 1 heterocycles. The average molecular weight is 274 g/mol. The highest BCUT2D eigenvalue weighted by molar-refractivity contribution is 6.30. The minimum Gasteiger partial charge on any atom is -0.316 e. The third-order valence-corrected chi connectivity index (χ3v) is 3.97. The molecule has 2 rings (SSSR count). The summed E-state index contributed by atoms with van der Waals surface area (Å²) in [4.78, 5) is 0. The van der Waals surface area contributed by atoms with Gasteiger partial charge >= 0.3 is 0 Å². The van der Waals surface area contributed by atoms with Crippen molar-refractivity contribution >= 4 is 11.6 Å². The van der Waals surface area contributed by atoms with E-state index in [4.69, 9.17) is 11.6 Å². The van der Waals surface area contributed by atoms with Gasteiger partial charge in [0.25, 0.3) is 0 Å². The fourth-order valence-corrected chi connectivity index (χ4v) is 2.76. The molecule has 1 nitrogen and oxygen atoms in total. The van der Waals surface area contributed by atoms with E-state index in [2.05, 4.69) is 5.32 Å². The standard InChI is InChI=1S/C14H18ClF2N/c1-14(17,11-3-2-6-18-9-11)8-10-4-5-13(16)12(15)7-10/h4-5,7,11,18H,2-3,6,8-9H2,1H3. The molecule has 4 heteroatoms. The summed E-state index contributed by atoms with van der Waals surface area (Å²) in [6.07, 6.45) is 2.18. The molecule has 1 aliphatic heterocycles. The van der Waals surface area contributed by atoms with Crippen LogP contribution in [0.5, 0.6) is 0 Å². The van der Waals surface area contributed by atoms with Gasteiger partial charge in [-0.25, -0.2) is 8.78 Å². The van der Waals surface area contributed by atoms with E-state index in [9.17, 15) is 8.78 Å². The Kier molecular flexibility index (Phi) is 4.23. The first-order chi connectivity index (χ1) is 8.49. The van der Waals surface area contributed by atoms with Crippen molar-refractivity contribution in [1.29, 1.82) is 0 Å². The summed E-state index contributed by atoms with van der Waals surface area (Å²) in [5, 5.41) is 3.28. The van der Waals surface area contributed by atoms with Crippen LogP contribution in [0.4, 0.5) is 8.78 Å². The van der Waals surface area contributed by atoms with Crippen LogP contribution < -0.4 is 5.32 Å². The zero-order chi connectivity index (χ0) is 13.2. The van der Waals surface area contributed by atoms with Crippen LogP contribution in [0.15, 0.2) is 18.2 Å². The third-order valence-electron chi connectivity index (χ3n) is 3.68. The van der Waals surface area contributed by atoms with E-state index in [-0.39, 0.29) is 17.4 Å². The van der Waals surface area contributed by atoms with Crippen molar-refractivity contribution in [2.24, 2.45) is 5.92 Å². The smallest absolute Gasteiger partial charge is 0.141 e. The van der Waals surface area contributed by atoms with Crippen molar-refractivity contribution in [1.82, 2.24) is 5.32 Å². The monoisotopic (exact) mass is 273 g/mol. The fraction of sp³-hybridized carbons (Fsp3) is 0.571. The molecule has 0 aliphatic carbocycles. The lowest BCUT2D eigenvalue weighted by atomic mass is 9.81. The molecule has 2 atom stereocenters. The Bertz CT molecular complexity index is 414. The maximum atomic E-state index is 14.7. The first-order valence-electron chi connectivity index (χ1n) is 6.32. The van der Waals surface area contributed by atoms with Gasteiger partial charge in [0, 0.05) is 18.9 Å². The average Bonchev–Trinajstić information content (AvgIpc) is 2.35. The maximum Gasteiger partial charge on any atom is 0.141 e. The van der Waals surface area contributed by atoms with E-state index in [1.807, 2.05) is 0 Å². The Morgan fingerprint density at radius 1 is 1.50 bits per heavy atom. The summed E-state index contributed by atoms with van der Waals surface area (Å²) in [5.74, 6) is -0.449. The summed E-state index contributed by atoms with van der Waals surface area (Å²) in [7, 11) is 0. The van der Waals surface area contributed by atoms with Gasteiger partial charge in [-0.05, 0) is 44.0 Å². The molecule has 1 saturated heterocycles. The highest BCUT2D eigenvalue weighted by Gasteiger charge is 2.35. The molecule has 1 aliphatic rings. The number of rotatable bonds is 3. The summed E-state index contributed by atoms with van der Waals surface area (Å²) < 4.78 is 27.8. The van der Waals surface area contributed by atoms with Crippen molar-refractivity contribution < 1.29 is 8.78 Å². The normalized spacial score (nSPS) is 23.7. The van der Waals surface area contributed by atoms with Gasteiger partial charge in [-0.2, -0.15) is 0 Å². The molecule has 1 aromatic carbocycles. The van der Waals surface area contributed by atoms with E-state index in [1.54, 1.807) is 13.0 Å². The lowest BCUT2D eigenvalue weighted by Gasteiger charge is -2.34. The van der Waals surface area contributed by atoms with E-state index >= 15 is 0 Å². The first kappa shape index (κ1) is 13.8. The Labute approximate surface area is 112 Å². The minimum absolute atomic E-state index is 0.00933. The van der Waals surface area contributed by atoms with Gasteiger partial charge < -0.3 is 5.32 Å². The van der Waals surface area contributed by atoms with Gasteiger partial charge in [-0.15, -0.1) is 0 Å². The Hall–Kier alpha value is -0.670. The molecule has 0 bridgehead atoms. The van der Waals surface area contributed by atoms with E-state index < -0.39 is 11.5 Å². The first-order valence-corrected chi connectivity index (χ1v) is 6.70. The van der Waals surface area contributed by atoms with Gasteiger partial charge in [0.05, 0.1) is 5.02 Å². The van der Waals surface area contributed by atoms with Crippen LogP contribution in [0.2, 0.25) is 5.02 Å². The molecule has 1 fully saturated rings. The van der Waals surface area contributed by atoms with Crippen LogP contribution in [-0.4, -0.2) is 18.8 Å². The van der Waals surface area contributed by atoms with Gasteiger partial charge in [-0.3, -0.25) is 0 Å². The van der Waals surface area contributed by atoms with E-state index in [1.165, 1.54) is 12.1 Å². The number of halogens is 3. The topological polar surface area (TPSA) is 12.0 Å². The Balaban J connectivity index is 2.08. The number of alkyl halides is 1. The number of hydrogen-bond donors (Lipinski definition) is 1. The molecule has 1 N–H and O–H groups in total. The predicted octanol–water partition coefficient (Wildman–Crippen LogP) is 3.75. The van der Waals surface area contributed by atoms with Gasteiger partial charge in [0.2, 0.25) is 0 Å². The number of benzene rings is 1. The minimum atomic E-state index is -1.28. The number of hydrogen-bond acceptors (Lipinski definition) is 1. The third kappa shape index (κ3) is 3.21. The second-order valence-electron chi connectivity index (χ2n) is 5.25. The van der Waals surface area contributed by atoms with Crippen LogP contribution in [0.25, 0.3) is 0 Å². The molecular weight excluding hydrogens is 256 g/mol. The predicted molar refractivity (Wildman–Crippen MR) is 70.2 cm³/mol. The molecule has 0 saturated carbocycles. The highest BCUT2D eigenvalue weighted by Crippen LogP contribution is 2.32. The summed E-state index contributed by atoms with van der Waals surface area (Å²) in [6, 6.07) is 4.42. The molecule has 100 valence electrons. The van der Waals surface area contributed by atoms with E-state index in [0.29, 0.717) is 6.54 Å². The zero-order valence-electron chi connectivity index (χ0n) is 10.5. The molecule has 0 radical (unpaired) electrons.